The van der Waals surface area contributed by atoms with Crippen molar-refractivity contribution >= 4 is 5.96 Å². The predicted octanol–water partition coefficient (Wildman–Crippen LogP) is 4.02. The van der Waals surface area contributed by atoms with Crippen LogP contribution in [0.1, 0.15) is 51.0 Å². The first-order chi connectivity index (χ1) is 14.8. The maximum atomic E-state index is 12.4. The van der Waals surface area contributed by atoms with Gasteiger partial charge in [0.2, 0.25) is 0 Å². The Bertz CT molecular complexity index is 699. The van der Waals surface area contributed by atoms with E-state index in [-0.39, 0.29) is 23.5 Å². The minimum absolute atomic E-state index is 0.0424. The normalized spacial score (nSPS) is 16.6. The highest BCUT2D eigenvalue weighted by molar-refractivity contribution is 5.79. The Morgan fingerprint density at radius 3 is 2.52 bits per heavy atom. The Hall–Kier alpha value is -2.16. The van der Waals surface area contributed by atoms with Crippen molar-refractivity contribution in [3.05, 3.63) is 23.8 Å². The van der Waals surface area contributed by atoms with Crippen LogP contribution in [-0.2, 0) is 6.54 Å². The van der Waals surface area contributed by atoms with Gasteiger partial charge < -0.3 is 25.2 Å². The highest BCUT2D eigenvalue weighted by atomic mass is 19.4. The molecule has 0 heterocycles. The van der Waals surface area contributed by atoms with Gasteiger partial charge >= 0.3 is 6.18 Å². The zero-order valence-corrected chi connectivity index (χ0v) is 18.4. The molecule has 0 aromatic heterocycles. The highest BCUT2D eigenvalue weighted by Gasteiger charge is 2.31. The van der Waals surface area contributed by atoms with E-state index in [2.05, 4.69) is 15.6 Å². The molecule has 2 rings (SSSR count). The Morgan fingerprint density at radius 1 is 1.16 bits per heavy atom. The number of ether oxygens (including phenoxy) is 2. The number of aliphatic imine (C=N–C) groups is 1. The second-order valence-corrected chi connectivity index (χ2v) is 7.97. The van der Waals surface area contributed by atoms with E-state index in [4.69, 9.17) is 9.47 Å². The molecular formula is C22H34F3N3O3. The smallest absolute Gasteiger partial charge is 0.422 e. The average molecular weight is 446 g/mol. The number of methoxy groups -OCH3 is 1. The first-order valence-corrected chi connectivity index (χ1v) is 10.8. The first-order valence-electron chi connectivity index (χ1n) is 10.8. The van der Waals surface area contributed by atoms with Gasteiger partial charge in [-0.1, -0.05) is 25.3 Å². The molecule has 3 N–H and O–H groups in total. The number of halogens is 3. The summed E-state index contributed by atoms with van der Waals surface area (Å²) >= 11 is 0. The summed E-state index contributed by atoms with van der Waals surface area (Å²) < 4.78 is 47.2. The minimum Gasteiger partial charge on any atom is -0.493 e. The fourth-order valence-corrected chi connectivity index (χ4v) is 3.93. The molecule has 0 atom stereocenters. The molecule has 31 heavy (non-hydrogen) atoms. The van der Waals surface area contributed by atoms with Crippen molar-refractivity contribution in [3.8, 4) is 11.5 Å². The Morgan fingerprint density at radius 2 is 1.90 bits per heavy atom. The summed E-state index contributed by atoms with van der Waals surface area (Å²) in [6.45, 7) is 2.57. The number of aliphatic hydroxyl groups excluding tert-OH is 1. The molecule has 0 unspecified atom stereocenters. The molecule has 1 saturated carbocycles. The number of guanidine groups is 1. The van der Waals surface area contributed by atoms with Gasteiger partial charge in [-0.3, -0.25) is 0 Å². The van der Waals surface area contributed by atoms with Crippen LogP contribution < -0.4 is 20.1 Å². The molecule has 1 fully saturated rings. The van der Waals surface area contributed by atoms with E-state index in [0.717, 1.165) is 31.4 Å². The monoisotopic (exact) mass is 445 g/mol. The number of benzene rings is 1. The SMILES string of the molecule is CCNC(=NCc1ccc(OCC(F)(F)F)c(OC)c1)NCC1(CCO)CCCCC1. The Labute approximate surface area is 182 Å². The van der Waals surface area contributed by atoms with Crippen molar-refractivity contribution in [1.29, 1.82) is 0 Å². The number of rotatable bonds is 10. The van der Waals surface area contributed by atoms with Gasteiger partial charge in [0.25, 0.3) is 0 Å². The molecule has 1 aliphatic rings. The molecule has 1 aromatic rings. The number of hydrogen-bond donors (Lipinski definition) is 3. The summed E-state index contributed by atoms with van der Waals surface area (Å²) in [6, 6.07) is 4.77. The van der Waals surface area contributed by atoms with E-state index in [0.29, 0.717) is 19.0 Å². The quantitative estimate of drug-likeness (QED) is 0.375. The van der Waals surface area contributed by atoms with E-state index < -0.39 is 12.8 Å². The molecule has 0 spiro atoms. The van der Waals surface area contributed by atoms with Crippen LogP contribution >= 0.6 is 0 Å². The molecule has 0 saturated heterocycles. The van der Waals surface area contributed by atoms with Gasteiger partial charge in [0.15, 0.2) is 24.1 Å². The fraction of sp³-hybridized carbons (Fsp3) is 0.682. The van der Waals surface area contributed by atoms with Crippen molar-refractivity contribution in [2.75, 3.05) is 33.4 Å². The third kappa shape index (κ3) is 8.47. The second kappa shape index (κ2) is 12.0. The standard InChI is InChI=1S/C22H34F3N3O3/c1-3-26-20(28-15-21(11-12-29)9-5-4-6-10-21)27-14-17-7-8-18(19(13-17)30-2)31-16-22(23,24)25/h7-8,13,29H,3-6,9-12,14-16H2,1-2H3,(H2,26,27,28). The van der Waals surface area contributed by atoms with E-state index in [1.807, 2.05) is 6.92 Å². The third-order valence-corrected chi connectivity index (χ3v) is 5.57. The molecule has 0 radical (unpaired) electrons. The summed E-state index contributed by atoms with van der Waals surface area (Å²) in [5.74, 6) is 0.946. The summed E-state index contributed by atoms with van der Waals surface area (Å²) in [5, 5.41) is 16.1. The molecular weight excluding hydrogens is 411 g/mol. The van der Waals surface area contributed by atoms with Gasteiger partial charge in [0, 0.05) is 19.7 Å². The fourth-order valence-electron chi connectivity index (χ4n) is 3.93. The van der Waals surface area contributed by atoms with Gasteiger partial charge in [-0.25, -0.2) is 4.99 Å². The lowest BCUT2D eigenvalue weighted by Gasteiger charge is -2.37. The minimum atomic E-state index is -4.41. The lowest BCUT2D eigenvalue weighted by Crippen LogP contribution is -2.44. The number of nitrogens with zero attached hydrogens (tertiary/aromatic N) is 1. The van der Waals surface area contributed by atoms with Crippen molar-refractivity contribution in [2.24, 2.45) is 10.4 Å². The topological polar surface area (TPSA) is 75.1 Å². The molecule has 176 valence electrons. The van der Waals surface area contributed by atoms with Crippen LogP contribution in [0.5, 0.6) is 11.5 Å². The number of nitrogens with one attached hydrogen (secondary N) is 2. The van der Waals surface area contributed by atoms with Crippen LogP contribution in [0.25, 0.3) is 0 Å². The highest BCUT2D eigenvalue weighted by Crippen LogP contribution is 2.38. The van der Waals surface area contributed by atoms with Gasteiger partial charge in [0.05, 0.1) is 13.7 Å². The summed E-state index contributed by atoms with van der Waals surface area (Å²) in [6.07, 6.45) is 2.15. The van der Waals surface area contributed by atoms with Gasteiger partial charge in [-0.15, -0.1) is 0 Å². The Kier molecular flexibility index (Phi) is 9.74. The van der Waals surface area contributed by atoms with Crippen molar-refractivity contribution in [1.82, 2.24) is 10.6 Å². The molecule has 9 heteroatoms. The van der Waals surface area contributed by atoms with Crippen molar-refractivity contribution in [3.63, 3.8) is 0 Å². The molecule has 0 amide bonds. The van der Waals surface area contributed by atoms with Crippen LogP contribution in [0.4, 0.5) is 13.2 Å². The molecule has 6 nitrogen and oxygen atoms in total. The molecule has 0 bridgehead atoms. The van der Waals surface area contributed by atoms with E-state index in [1.165, 1.54) is 32.4 Å². The van der Waals surface area contributed by atoms with Crippen LogP contribution in [-0.4, -0.2) is 50.7 Å². The van der Waals surface area contributed by atoms with Crippen molar-refractivity contribution < 1.29 is 27.8 Å². The zero-order valence-electron chi connectivity index (χ0n) is 18.4. The van der Waals surface area contributed by atoms with Gasteiger partial charge in [-0.05, 0) is 49.3 Å². The summed E-state index contributed by atoms with van der Waals surface area (Å²) in [7, 11) is 1.39. The van der Waals surface area contributed by atoms with E-state index in [9.17, 15) is 18.3 Å². The van der Waals surface area contributed by atoms with Crippen LogP contribution in [0.2, 0.25) is 0 Å². The number of hydrogen-bond acceptors (Lipinski definition) is 4. The first kappa shape index (κ1) is 25.1. The molecule has 0 aliphatic heterocycles. The predicted molar refractivity (Wildman–Crippen MR) is 115 cm³/mol. The van der Waals surface area contributed by atoms with Gasteiger partial charge in [-0.2, -0.15) is 13.2 Å². The third-order valence-electron chi connectivity index (χ3n) is 5.57. The lowest BCUT2D eigenvalue weighted by atomic mass is 9.72. The van der Waals surface area contributed by atoms with E-state index >= 15 is 0 Å². The maximum Gasteiger partial charge on any atom is 0.422 e. The van der Waals surface area contributed by atoms with Gasteiger partial charge in [0.1, 0.15) is 0 Å². The number of aliphatic hydroxyl groups is 1. The summed E-state index contributed by atoms with van der Waals surface area (Å²) in [4.78, 5) is 4.61. The summed E-state index contributed by atoms with van der Waals surface area (Å²) in [5.41, 5.74) is 0.875. The lowest BCUT2D eigenvalue weighted by molar-refractivity contribution is -0.153. The Balaban J connectivity index is 2.03. The van der Waals surface area contributed by atoms with Crippen LogP contribution in [0, 0.1) is 5.41 Å². The maximum absolute atomic E-state index is 12.4. The number of alkyl halides is 3. The van der Waals surface area contributed by atoms with Crippen LogP contribution in [0.3, 0.4) is 0 Å². The molecule has 1 aromatic carbocycles. The van der Waals surface area contributed by atoms with E-state index in [1.54, 1.807) is 12.1 Å². The zero-order chi connectivity index (χ0) is 22.7. The largest absolute Gasteiger partial charge is 0.493 e. The molecule has 1 aliphatic carbocycles. The van der Waals surface area contributed by atoms with Crippen molar-refractivity contribution in [2.45, 2.75) is 58.2 Å². The van der Waals surface area contributed by atoms with Crippen LogP contribution in [0.15, 0.2) is 23.2 Å². The second-order valence-electron chi connectivity index (χ2n) is 7.97. The average Bonchev–Trinajstić information content (AvgIpc) is 2.75.